The third-order valence-corrected chi connectivity index (χ3v) is 4.92. The minimum Gasteiger partial charge on any atom is -0.450 e. The Hall–Kier alpha value is -2.90. The Morgan fingerprint density at radius 1 is 0.966 bits per heavy atom. The van der Waals surface area contributed by atoms with Crippen LogP contribution in [0.25, 0.3) is 0 Å². The summed E-state index contributed by atoms with van der Waals surface area (Å²) in [5, 5.41) is 8.14. The van der Waals surface area contributed by atoms with Crippen LogP contribution in [0.3, 0.4) is 0 Å². The number of carbonyl (C=O) groups is 2. The molecule has 29 heavy (non-hydrogen) atoms. The zero-order valence-electron chi connectivity index (χ0n) is 16.9. The highest BCUT2D eigenvalue weighted by atomic mass is 16.6. The summed E-state index contributed by atoms with van der Waals surface area (Å²) in [5.74, 6) is 1.15. The number of piperazine rings is 1. The number of rotatable bonds is 8. The maximum absolute atomic E-state index is 12.4. The topological polar surface area (TPSA) is 88.8 Å². The van der Waals surface area contributed by atoms with Gasteiger partial charge in [-0.15, -0.1) is 10.2 Å². The quantitative estimate of drug-likeness (QED) is 0.676. The lowest BCUT2D eigenvalue weighted by atomic mass is 10.1. The van der Waals surface area contributed by atoms with E-state index in [2.05, 4.69) is 22.3 Å². The summed E-state index contributed by atoms with van der Waals surface area (Å²) in [6.07, 6.45) is 3.08. The van der Waals surface area contributed by atoms with Gasteiger partial charge in [-0.3, -0.25) is 4.79 Å². The molecular weight excluding hydrogens is 372 g/mol. The SMILES string of the molecule is CCOC(=O)N1CCN(C(=O)CCc2nnc(CCCc3ccccc3)o2)CC1. The zero-order valence-corrected chi connectivity index (χ0v) is 16.9. The summed E-state index contributed by atoms with van der Waals surface area (Å²) in [5.41, 5.74) is 1.29. The lowest BCUT2D eigenvalue weighted by Gasteiger charge is -2.34. The number of hydrogen-bond donors (Lipinski definition) is 0. The number of ether oxygens (including phenoxy) is 1. The normalized spacial score (nSPS) is 14.1. The van der Waals surface area contributed by atoms with Crippen LogP contribution >= 0.6 is 0 Å². The average Bonchev–Trinajstić information content (AvgIpc) is 3.21. The number of amides is 2. The molecule has 0 radical (unpaired) electrons. The molecule has 0 bridgehead atoms. The highest BCUT2D eigenvalue weighted by molar-refractivity contribution is 5.77. The fourth-order valence-corrected chi connectivity index (χ4v) is 3.30. The molecule has 1 aromatic carbocycles. The molecule has 8 heteroatoms. The van der Waals surface area contributed by atoms with E-state index in [-0.39, 0.29) is 12.0 Å². The number of hydrogen-bond acceptors (Lipinski definition) is 6. The highest BCUT2D eigenvalue weighted by Gasteiger charge is 2.24. The van der Waals surface area contributed by atoms with Gasteiger partial charge in [-0.05, 0) is 25.3 Å². The van der Waals surface area contributed by atoms with Crippen molar-refractivity contribution in [1.82, 2.24) is 20.0 Å². The van der Waals surface area contributed by atoms with Crippen molar-refractivity contribution in [3.05, 3.63) is 47.7 Å². The Kier molecular flexibility index (Phi) is 7.61. The Morgan fingerprint density at radius 2 is 1.62 bits per heavy atom. The highest BCUT2D eigenvalue weighted by Crippen LogP contribution is 2.11. The first-order valence-electron chi connectivity index (χ1n) is 10.2. The Bertz CT molecular complexity index is 785. The van der Waals surface area contributed by atoms with Crippen LogP contribution < -0.4 is 0 Å². The number of aryl methyl sites for hydroxylation is 3. The van der Waals surface area contributed by atoms with Crippen LogP contribution in [-0.4, -0.2) is 64.8 Å². The molecule has 1 aromatic heterocycles. The maximum atomic E-state index is 12.4. The van der Waals surface area contributed by atoms with E-state index >= 15 is 0 Å². The van der Waals surface area contributed by atoms with Crippen molar-refractivity contribution < 1.29 is 18.7 Å². The lowest BCUT2D eigenvalue weighted by Crippen LogP contribution is -2.50. The van der Waals surface area contributed by atoms with Crippen molar-refractivity contribution in [2.24, 2.45) is 0 Å². The fourth-order valence-electron chi connectivity index (χ4n) is 3.30. The van der Waals surface area contributed by atoms with Crippen molar-refractivity contribution in [3.8, 4) is 0 Å². The minimum absolute atomic E-state index is 0.0392. The summed E-state index contributed by atoms with van der Waals surface area (Å²) < 4.78 is 10.7. The molecule has 1 fully saturated rings. The third kappa shape index (κ3) is 6.30. The van der Waals surface area contributed by atoms with Crippen LogP contribution in [0.1, 0.15) is 37.1 Å². The fraction of sp³-hybridized carbons (Fsp3) is 0.524. The maximum Gasteiger partial charge on any atom is 0.409 e. The zero-order chi connectivity index (χ0) is 20.5. The van der Waals surface area contributed by atoms with Crippen LogP contribution in [0.4, 0.5) is 4.79 Å². The van der Waals surface area contributed by atoms with E-state index in [1.807, 2.05) is 18.2 Å². The molecule has 1 aliphatic heterocycles. The van der Waals surface area contributed by atoms with Gasteiger partial charge in [-0.25, -0.2) is 4.79 Å². The molecule has 156 valence electrons. The van der Waals surface area contributed by atoms with Crippen LogP contribution in [-0.2, 0) is 28.8 Å². The smallest absolute Gasteiger partial charge is 0.409 e. The predicted octanol–water partition coefficient (Wildman–Crippen LogP) is 2.48. The van der Waals surface area contributed by atoms with Gasteiger partial charge in [0.2, 0.25) is 17.7 Å². The summed E-state index contributed by atoms with van der Waals surface area (Å²) >= 11 is 0. The molecule has 0 N–H and O–H groups in total. The van der Waals surface area contributed by atoms with Crippen LogP contribution in [0.5, 0.6) is 0 Å². The summed E-state index contributed by atoms with van der Waals surface area (Å²) in [4.78, 5) is 27.5. The van der Waals surface area contributed by atoms with Crippen LogP contribution in [0.15, 0.2) is 34.7 Å². The van der Waals surface area contributed by atoms with Crippen molar-refractivity contribution in [2.75, 3.05) is 32.8 Å². The van der Waals surface area contributed by atoms with Crippen molar-refractivity contribution in [2.45, 2.75) is 39.0 Å². The van der Waals surface area contributed by atoms with Gasteiger partial charge in [0.1, 0.15) is 0 Å². The molecule has 2 amide bonds. The van der Waals surface area contributed by atoms with Gasteiger partial charge in [0, 0.05) is 45.4 Å². The third-order valence-electron chi connectivity index (χ3n) is 4.92. The van der Waals surface area contributed by atoms with E-state index in [0.717, 1.165) is 19.3 Å². The standard InChI is InChI=1S/C21H28N4O4/c1-2-28-21(27)25-15-13-24(14-16-25)20(26)12-11-19-23-22-18(29-19)10-6-9-17-7-4-3-5-8-17/h3-5,7-8H,2,6,9-16H2,1H3. The minimum atomic E-state index is -0.315. The first kappa shape index (κ1) is 20.8. The van der Waals surface area contributed by atoms with Gasteiger partial charge < -0.3 is 19.0 Å². The van der Waals surface area contributed by atoms with Crippen molar-refractivity contribution in [3.63, 3.8) is 0 Å². The van der Waals surface area contributed by atoms with E-state index in [0.29, 0.717) is 57.4 Å². The number of nitrogens with zero attached hydrogens (tertiary/aromatic N) is 4. The molecule has 8 nitrogen and oxygen atoms in total. The second kappa shape index (κ2) is 10.6. The number of aromatic nitrogens is 2. The van der Waals surface area contributed by atoms with Crippen LogP contribution in [0, 0.1) is 0 Å². The van der Waals surface area contributed by atoms with E-state index in [9.17, 15) is 9.59 Å². The second-order valence-electron chi connectivity index (χ2n) is 7.00. The monoisotopic (exact) mass is 400 g/mol. The van der Waals surface area contributed by atoms with Gasteiger partial charge in [-0.2, -0.15) is 0 Å². The van der Waals surface area contributed by atoms with E-state index < -0.39 is 0 Å². The number of benzene rings is 1. The molecule has 0 unspecified atom stereocenters. The second-order valence-corrected chi connectivity index (χ2v) is 7.00. The summed E-state index contributed by atoms with van der Waals surface area (Å²) in [6, 6.07) is 10.3. The largest absolute Gasteiger partial charge is 0.450 e. The van der Waals surface area contributed by atoms with Crippen molar-refractivity contribution in [1.29, 1.82) is 0 Å². The molecule has 0 saturated carbocycles. The van der Waals surface area contributed by atoms with Gasteiger partial charge >= 0.3 is 6.09 Å². The Balaban J connectivity index is 1.36. The van der Waals surface area contributed by atoms with Gasteiger partial charge in [-0.1, -0.05) is 30.3 Å². The Morgan fingerprint density at radius 3 is 2.31 bits per heavy atom. The first-order valence-corrected chi connectivity index (χ1v) is 10.2. The first-order chi connectivity index (χ1) is 14.2. The van der Waals surface area contributed by atoms with Crippen LogP contribution in [0.2, 0.25) is 0 Å². The molecule has 0 spiro atoms. The van der Waals surface area contributed by atoms with Crippen molar-refractivity contribution >= 4 is 12.0 Å². The molecule has 1 aliphatic rings. The summed E-state index contributed by atoms with van der Waals surface area (Å²) in [6.45, 7) is 4.17. The Labute approximate surface area is 170 Å². The van der Waals surface area contributed by atoms with Gasteiger partial charge in [0.25, 0.3) is 0 Å². The van der Waals surface area contributed by atoms with E-state index in [1.165, 1.54) is 5.56 Å². The molecule has 0 atom stereocenters. The number of carbonyl (C=O) groups excluding carboxylic acids is 2. The average molecular weight is 400 g/mol. The molecule has 1 saturated heterocycles. The van der Waals surface area contributed by atoms with E-state index in [1.54, 1.807) is 16.7 Å². The molecule has 2 heterocycles. The molecular formula is C21H28N4O4. The molecule has 3 rings (SSSR count). The predicted molar refractivity (Wildman–Crippen MR) is 106 cm³/mol. The summed E-state index contributed by atoms with van der Waals surface area (Å²) in [7, 11) is 0. The lowest BCUT2D eigenvalue weighted by molar-refractivity contribution is -0.132. The molecule has 0 aliphatic carbocycles. The molecule has 2 aromatic rings. The van der Waals surface area contributed by atoms with E-state index in [4.69, 9.17) is 9.15 Å². The van der Waals surface area contributed by atoms with Gasteiger partial charge in [0.15, 0.2) is 0 Å². The van der Waals surface area contributed by atoms with Gasteiger partial charge in [0.05, 0.1) is 6.61 Å².